The summed E-state index contributed by atoms with van der Waals surface area (Å²) in [4.78, 5) is 13.0. The van der Waals surface area contributed by atoms with Crippen LogP contribution in [0.5, 0.6) is 0 Å². The molecule has 0 radical (unpaired) electrons. The van der Waals surface area contributed by atoms with Crippen LogP contribution in [0.4, 0.5) is 0 Å². The van der Waals surface area contributed by atoms with Crippen LogP contribution < -0.4 is 11.1 Å². The highest BCUT2D eigenvalue weighted by atomic mass is 16.1. The first-order valence-electron chi connectivity index (χ1n) is 5.47. The van der Waals surface area contributed by atoms with Crippen molar-refractivity contribution >= 4 is 5.91 Å². The molecule has 1 fully saturated rings. The van der Waals surface area contributed by atoms with E-state index >= 15 is 0 Å². The second-order valence-electron chi connectivity index (χ2n) is 3.89. The van der Waals surface area contributed by atoms with Gasteiger partial charge in [0.2, 0.25) is 5.91 Å². The van der Waals surface area contributed by atoms with Crippen molar-refractivity contribution in [3.63, 3.8) is 0 Å². The van der Waals surface area contributed by atoms with Gasteiger partial charge >= 0.3 is 0 Å². The Hall–Kier alpha value is -0.610. The van der Waals surface area contributed by atoms with Crippen LogP contribution in [0, 0.1) is 0 Å². The number of nitrogens with zero attached hydrogens (tertiary/aromatic N) is 1. The molecule has 4 nitrogen and oxygen atoms in total. The smallest absolute Gasteiger partial charge is 0.231 e. The molecule has 0 saturated carbocycles. The molecule has 4 heteroatoms. The number of amides is 1. The Labute approximate surface area is 85.8 Å². The van der Waals surface area contributed by atoms with Crippen LogP contribution in [0.2, 0.25) is 0 Å². The van der Waals surface area contributed by atoms with Crippen molar-refractivity contribution < 1.29 is 4.79 Å². The first kappa shape index (κ1) is 11.5. The molecule has 0 aromatic heterocycles. The number of hydrogen-bond acceptors (Lipinski definition) is 3. The number of nitrogens with one attached hydrogen (secondary N) is 1. The number of rotatable bonds is 5. The number of hydrogen-bond donors (Lipinski definition) is 2. The Balaban J connectivity index is 2.37. The zero-order valence-corrected chi connectivity index (χ0v) is 8.96. The molecule has 1 rings (SSSR count). The topological polar surface area (TPSA) is 58.4 Å². The van der Waals surface area contributed by atoms with E-state index in [9.17, 15) is 4.79 Å². The molecule has 0 spiro atoms. The minimum atomic E-state index is -0.214. The quantitative estimate of drug-likeness (QED) is 0.652. The van der Waals surface area contributed by atoms with Crippen molar-refractivity contribution in [2.75, 3.05) is 26.2 Å². The highest BCUT2D eigenvalue weighted by molar-refractivity contribution is 5.75. The number of carbonyl (C=O) groups excluding carboxylic acids is 1. The van der Waals surface area contributed by atoms with Crippen molar-refractivity contribution in [3.05, 3.63) is 0 Å². The summed E-state index contributed by atoms with van der Waals surface area (Å²) in [6.45, 7) is 5.49. The van der Waals surface area contributed by atoms with E-state index < -0.39 is 0 Å². The van der Waals surface area contributed by atoms with Gasteiger partial charge in [-0.1, -0.05) is 13.3 Å². The maximum absolute atomic E-state index is 10.8. The summed E-state index contributed by atoms with van der Waals surface area (Å²) in [7, 11) is 0. The minimum absolute atomic E-state index is 0.214. The van der Waals surface area contributed by atoms with Crippen LogP contribution in [0.3, 0.4) is 0 Å². The number of primary amides is 1. The molecule has 14 heavy (non-hydrogen) atoms. The third-order valence-corrected chi connectivity index (χ3v) is 2.74. The van der Waals surface area contributed by atoms with Gasteiger partial charge in [-0.05, 0) is 25.9 Å². The standard InChI is InChI=1S/C10H21N3O/c1-2-12-7-9-5-3-4-6-13(9)8-10(11)14/h9,12H,2-8H2,1H3,(H2,11,14). The number of carbonyl (C=O) groups is 1. The lowest BCUT2D eigenvalue weighted by molar-refractivity contribution is -0.120. The molecule has 3 N–H and O–H groups in total. The van der Waals surface area contributed by atoms with Gasteiger partial charge in [0.05, 0.1) is 6.54 Å². The molecule has 1 atom stereocenters. The van der Waals surface area contributed by atoms with Crippen LogP contribution in [0.1, 0.15) is 26.2 Å². The SMILES string of the molecule is CCNCC1CCCCN1CC(N)=O. The van der Waals surface area contributed by atoms with Crippen molar-refractivity contribution in [3.8, 4) is 0 Å². The third kappa shape index (κ3) is 3.64. The fourth-order valence-corrected chi connectivity index (χ4v) is 2.01. The van der Waals surface area contributed by atoms with E-state index in [-0.39, 0.29) is 5.91 Å². The van der Waals surface area contributed by atoms with E-state index in [4.69, 9.17) is 5.73 Å². The molecular weight excluding hydrogens is 178 g/mol. The Kier molecular flexibility index (Phi) is 4.90. The van der Waals surface area contributed by atoms with Gasteiger partial charge in [0, 0.05) is 12.6 Å². The zero-order valence-electron chi connectivity index (χ0n) is 8.96. The lowest BCUT2D eigenvalue weighted by Gasteiger charge is -2.34. The maximum atomic E-state index is 10.8. The summed E-state index contributed by atoms with van der Waals surface area (Å²) in [5, 5.41) is 3.33. The lowest BCUT2D eigenvalue weighted by atomic mass is 10.0. The van der Waals surface area contributed by atoms with Gasteiger partial charge in [-0.3, -0.25) is 9.69 Å². The highest BCUT2D eigenvalue weighted by Gasteiger charge is 2.22. The predicted molar refractivity (Wildman–Crippen MR) is 57.0 cm³/mol. The Bertz CT molecular complexity index is 184. The molecule has 1 aliphatic heterocycles. The van der Waals surface area contributed by atoms with Gasteiger partial charge in [-0.25, -0.2) is 0 Å². The van der Waals surface area contributed by atoms with E-state index in [1.165, 1.54) is 19.3 Å². The van der Waals surface area contributed by atoms with E-state index in [0.29, 0.717) is 12.6 Å². The average Bonchev–Trinajstić information content (AvgIpc) is 2.16. The number of likely N-dealkylation sites (N-methyl/N-ethyl adjacent to an activating group) is 1. The van der Waals surface area contributed by atoms with Crippen molar-refractivity contribution in [2.24, 2.45) is 5.73 Å². The molecular formula is C10H21N3O. The van der Waals surface area contributed by atoms with E-state index in [0.717, 1.165) is 19.6 Å². The normalized spacial score (nSPS) is 23.6. The van der Waals surface area contributed by atoms with Crippen LogP contribution in [-0.2, 0) is 4.79 Å². The monoisotopic (exact) mass is 199 g/mol. The molecule has 0 aromatic carbocycles. The first-order chi connectivity index (χ1) is 6.74. The molecule has 82 valence electrons. The molecule has 0 aromatic rings. The predicted octanol–water partition coefficient (Wildman–Crippen LogP) is -0.0643. The molecule has 1 heterocycles. The summed E-state index contributed by atoms with van der Waals surface area (Å²) < 4.78 is 0. The maximum Gasteiger partial charge on any atom is 0.231 e. The van der Waals surface area contributed by atoms with Gasteiger partial charge in [-0.2, -0.15) is 0 Å². The number of nitrogens with two attached hydrogens (primary N) is 1. The first-order valence-corrected chi connectivity index (χ1v) is 5.47. The van der Waals surface area contributed by atoms with Crippen LogP contribution in [-0.4, -0.2) is 43.0 Å². The highest BCUT2D eigenvalue weighted by Crippen LogP contribution is 2.15. The zero-order chi connectivity index (χ0) is 10.4. The average molecular weight is 199 g/mol. The largest absolute Gasteiger partial charge is 0.369 e. The minimum Gasteiger partial charge on any atom is -0.369 e. The van der Waals surface area contributed by atoms with Crippen molar-refractivity contribution in [1.82, 2.24) is 10.2 Å². The van der Waals surface area contributed by atoms with Crippen LogP contribution in [0.25, 0.3) is 0 Å². The summed E-state index contributed by atoms with van der Waals surface area (Å²) in [6.07, 6.45) is 3.64. The second kappa shape index (κ2) is 5.98. The van der Waals surface area contributed by atoms with Crippen LogP contribution in [0.15, 0.2) is 0 Å². The van der Waals surface area contributed by atoms with Gasteiger partial charge in [0.1, 0.15) is 0 Å². The fraction of sp³-hybridized carbons (Fsp3) is 0.900. The number of piperidine rings is 1. The Morgan fingerprint density at radius 1 is 1.57 bits per heavy atom. The van der Waals surface area contributed by atoms with E-state index in [2.05, 4.69) is 17.1 Å². The molecule has 0 aliphatic carbocycles. The van der Waals surface area contributed by atoms with Gasteiger partial charge in [0.25, 0.3) is 0 Å². The van der Waals surface area contributed by atoms with E-state index in [1.807, 2.05) is 0 Å². The molecule has 1 aliphatic rings. The summed E-state index contributed by atoms with van der Waals surface area (Å²) in [5.41, 5.74) is 5.21. The van der Waals surface area contributed by atoms with Gasteiger partial charge < -0.3 is 11.1 Å². The van der Waals surface area contributed by atoms with Gasteiger partial charge in [-0.15, -0.1) is 0 Å². The lowest BCUT2D eigenvalue weighted by Crippen LogP contribution is -2.48. The molecule has 1 amide bonds. The van der Waals surface area contributed by atoms with Crippen molar-refractivity contribution in [2.45, 2.75) is 32.2 Å². The van der Waals surface area contributed by atoms with Crippen molar-refractivity contribution in [1.29, 1.82) is 0 Å². The summed E-state index contributed by atoms with van der Waals surface area (Å²) in [5.74, 6) is -0.214. The molecule has 1 saturated heterocycles. The van der Waals surface area contributed by atoms with E-state index in [1.54, 1.807) is 0 Å². The summed E-state index contributed by atoms with van der Waals surface area (Å²) >= 11 is 0. The Morgan fingerprint density at radius 2 is 2.36 bits per heavy atom. The number of likely N-dealkylation sites (tertiary alicyclic amines) is 1. The summed E-state index contributed by atoms with van der Waals surface area (Å²) in [6, 6.07) is 0.496. The molecule has 1 unspecified atom stereocenters. The van der Waals surface area contributed by atoms with Gasteiger partial charge in [0.15, 0.2) is 0 Å². The fourth-order valence-electron chi connectivity index (χ4n) is 2.01. The molecule has 0 bridgehead atoms. The third-order valence-electron chi connectivity index (χ3n) is 2.74. The second-order valence-corrected chi connectivity index (χ2v) is 3.89. The van der Waals surface area contributed by atoms with Crippen LogP contribution >= 0.6 is 0 Å². The Morgan fingerprint density at radius 3 is 3.00 bits per heavy atom.